The van der Waals surface area contributed by atoms with E-state index >= 15 is 0 Å². The molecule has 0 aliphatic carbocycles. The lowest BCUT2D eigenvalue weighted by atomic mass is 9.79. The summed E-state index contributed by atoms with van der Waals surface area (Å²) in [5.74, 6) is -0.859. The first-order chi connectivity index (χ1) is 22.2. The Bertz CT molecular complexity index is 1500. The van der Waals surface area contributed by atoms with Gasteiger partial charge < -0.3 is 14.3 Å². The number of rotatable bonds is 12. The molecule has 2 aromatic rings. The van der Waals surface area contributed by atoms with Crippen LogP contribution in [0.2, 0.25) is 0 Å². The van der Waals surface area contributed by atoms with E-state index in [4.69, 9.17) is 9.47 Å². The Labute approximate surface area is 301 Å². The van der Waals surface area contributed by atoms with Crippen molar-refractivity contribution >= 4 is 47.7 Å². The van der Waals surface area contributed by atoms with Gasteiger partial charge in [-0.05, 0) is 59.8 Å². The molecule has 0 unspecified atom stereocenters. The largest absolute Gasteiger partial charge is 0.426 e. The van der Waals surface area contributed by atoms with Crippen LogP contribution in [0.25, 0.3) is 0 Å². The highest BCUT2D eigenvalue weighted by Gasteiger charge is 2.33. The number of nitrogens with zero attached hydrogens (tertiary/aromatic N) is 1. The first-order valence-corrected chi connectivity index (χ1v) is 18.3. The number of ether oxygens (including phenoxy) is 2. The van der Waals surface area contributed by atoms with E-state index in [1.54, 1.807) is 23.5 Å². The lowest BCUT2D eigenvalue weighted by Gasteiger charge is -2.33. The maximum atomic E-state index is 12.9. The van der Waals surface area contributed by atoms with Crippen LogP contribution in [0.3, 0.4) is 0 Å². The van der Waals surface area contributed by atoms with Gasteiger partial charge in [-0.15, -0.1) is 28.4 Å². The van der Waals surface area contributed by atoms with E-state index in [9.17, 15) is 24.1 Å². The molecule has 10 heteroatoms. The number of hydrogen-bond donors (Lipinski definition) is 0. The van der Waals surface area contributed by atoms with Crippen molar-refractivity contribution in [1.29, 1.82) is 0 Å². The van der Waals surface area contributed by atoms with Crippen LogP contribution in [0.1, 0.15) is 145 Å². The van der Waals surface area contributed by atoms with Crippen molar-refractivity contribution < 1.29 is 28.7 Å². The summed E-state index contributed by atoms with van der Waals surface area (Å²) in [7, 11) is 0. The van der Waals surface area contributed by atoms with Crippen LogP contribution in [0.15, 0.2) is 39.2 Å². The van der Waals surface area contributed by atoms with Crippen LogP contribution in [-0.2, 0) is 40.8 Å². The highest BCUT2D eigenvalue weighted by molar-refractivity contribution is 8.18. The van der Waals surface area contributed by atoms with Gasteiger partial charge in [0, 0.05) is 50.1 Å². The minimum Gasteiger partial charge on any atom is -0.426 e. The van der Waals surface area contributed by atoms with E-state index < -0.39 is 17.8 Å². The second-order valence-electron chi connectivity index (χ2n) is 16.9. The van der Waals surface area contributed by atoms with Crippen molar-refractivity contribution in [3.63, 3.8) is 0 Å². The zero-order valence-electron chi connectivity index (χ0n) is 31.8. The number of amides is 1. The Hall–Kier alpha value is -2.98. The summed E-state index contributed by atoms with van der Waals surface area (Å²) in [4.78, 5) is 60.6. The molecule has 0 bridgehead atoms. The Balaban J connectivity index is 2.65. The zero-order valence-corrected chi connectivity index (χ0v) is 33.5. The first-order valence-electron chi connectivity index (χ1n) is 16.7. The minimum absolute atomic E-state index is 0.0270. The summed E-state index contributed by atoms with van der Waals surface area (Å²) in [6, 6.07) is 8.37. The Morgan fingerprint density at radius 3 is 1.20 bits per heavy atom. The number of carbonyl (C=O) groups is 4. The molecule has 2 rings (SSSR count). The number of nitroso groups, excluding NO2 is 1. The molecule has 0 atom stereocenters. The summed E-state index contributed by atoms with van der Waals surface area (Å²) in [5, 5.41) is 2.38. The van der Waals surface area contributed by atoms with Crippen molar-refractivity contribution in [1.82, 2.24) is 0 Å². The van der Waals surface area contributed by atoms with Gasteiger partial charge in [0.25, 0.3) is 5.91 Å². The van der Waals surface area contributed by atoms with Gasteiger partial charge in [-0.1, -0.05) is 83.1 Å². The average Bonchev–Trinajstić information content (AvgIpc) is 2.93. The molecule has 0 radical (unpaired) electrons. The normalized spacial score (nSPS) is 12.8. The Kier molecular flexibility index (Phi) is 13.7. The summed E-state index contributed by atoms with van der Waals surface area (Å²) < 4.78 is 11.6. The molecule has 1 amide bonds. The fourth-order valence-electron chi connectivity index (χ4n) is 5.12. The molecular weight excluding hydrogens is 659 g/mol. The number of carbonyl (C=O) groups excluding carboxylic acids is 4. The predicted molar refractivity (Wildman–Crippen MR) is 200 cm³/mol. The van der Waals surface area contributed by atoms with Crippen LogP contribution in [0.4, 0.5) is 0 Å². The molecule has 0 saturated carbocycles. The zero-order chi connectivity index (χ0) is 37.8. The monoisotopic (exact) mass is 713 g/mol. The number of esters is 2. The highest BCUT2D eigenvalue weighted by atomic mass is 32.2. The van der Waals surface area contributed by atoms with Crippen LogP contribution >= 0.6 is 23.5 Å². The second kappa shape index (κ2) is 15.9. The fraction of sp³-hybridized carbons (Fsp3) is 0.590. The van der Waals surface area contributed by atoms with Gasteiger partial charge >= 0.3 is 11.9 Å². The SMILES string of the molecule is CC(C)(Sc1cc(C(C)(C)C)c(OC(=O)CCC=O)c(C(C)(C)C)c1)Sc1cc(C(C)(C)C)c(OC(=O)CCC(=O)N=O)c(C(C)(C)C)c1. The van der Waals surface area contributed by atoms with Gasteiger partial charge in [0.05, 0.1) is 16.9 Å². The molecule has 0 aliphatic rings. The van der Waals surface area contributed by atoms with Crippen LogP contribution < -0.4 is 9.47 Å². The molecule has 270 valence electrons. The number of thioether (sulfide) groups is 2. The van der Waals surface area contributed by atoms with E-state index in [0.717, 1.165) is 38.3 Å². The number of aldehydes is 1. The Morgan fingerprint density at radius 2 is 0.918 bits per heavy atom. The molecule has 0 saturated heterocycles. The molecule has 2 aromatic carbocycles. The third-order valence-corrected chi connectivity index (χ3v) is 10.1. The average molecular weight is 714 g/mol. The van der Waals surface area contributed by atoms with Crippen molar-refractivity contribution in [2.45, 2.75) is 158 Å². The van der Waals surface area contributed by atoms with E-state index in [1.165, 1.54) is 0 Å². The van der Waals surface area contributed by atoms with Crippen LogP contribution in [0.5, 0.6) is 11.5 Å². The van der Waals surface area contributed by atoms with E-state index in [0.29, 0.717) is 11.5 Å². The molecule has 8 nitrogen and oxygen atoms in total. The number of hydrogen-bond acceptors (Lipinski definition) is 9. The highest BCUT2D eigenvalue weighted by Crippen LogP contribution is 2.51. The van der Waals surface area contributed by atoms with Crippen molar-refractivity contribution in [2.24, 2.45) is 5.18 Å². The van der Waals surface area contributed by atoms with E-state index in [2.05, 4.69) is 126 Å². The molecule has 0 heterocycles. The standard InChI is InChI=1S/C39H55NO7S2/c1-35(2,3)26-20-24(21-27(36(4,5)6)33(26)46-31(43)16-15-19-41)48-39(13,14)49-25-22-28(37(7,8)9)34(29(23-25)38(10,11)12)47-32(44)18-17-30(42)40-45/h19-23H,15-18H2,1-14H3. The lowest BCUT2D eigenvalue weighted by molar-refractivity contribution is -0.136. The van der Waals surface area contributed by atoms with Crippen molar-refractivity contribution in [3.8, 4) is 11.5 Å². The van der Waals surface area contributed by atoms with Gasteiger partial charge in [0.1, 0.15) is 17.8 Å². The molecule has 0 aliphatic heterocycles. The predicted octanol–water partition coefficient (Wildman–Crippen LogP) is 10.4. The number of benzene rings is 2. The molecule has 0 fully saturated rings. The van der Waals surface area contributed by atoms with Gasteiger partial charge in [-0.2, -0.15) is 0 Å². The topological polar surface area (TPSA) is 116 Å². The molecule has 0 N–H and O–H groups in total. The van der Waals surface area contributed by atoms with Crippen molar-refractivity contribution in [2.75, 3.05) is 0 Å². The second-order valence-corrected chi connectivity index (χ2v) is 20.6. The fourth-order valence-corrected chi connectivity index (χ4v) is 7.71. The summed E-state index contributed by atoms with van der Waals surface area (Å²) >= 11 is 3.43. The maximum Gasteiger partial charge on any atom is 0.311 e. The quantitative estimate of drug-likeness (QED) is 0.0529. The lowest BCUT2D eigenvalue weighted by Crippen LogP contribution is -2.23. The van der Waals surface area contributed by atoms with E-state index in [1.807, 2.05) is 0 Å². The summed E-state index contributed by atoms with van der Waals surface area (Å²) in [5.41, 5.74) is 2.14. The van der Waals surface area contributed by atoms with Crippen LogP contribution in [0, 0.1) is 4.91 Å². The first kappa shape index (κ1) is 42.2. The third kappa shape index (κ3) is 12.4. The van der Waals surface area contributed by atoms with E-state index in [-0.39, 0.29) is 51.4 Å². The van der Waals surface area contributed by atoms with Gasteiger partial charge in [-0.3, -0.25) is 14.4 Å². The van der Waals surface area contributed by atoms with Gasteiger partial charge in [0.15, 0.2) is 0 Å². The molecule has 49 heavy (non-hydrogen) atoms. The summed E-state index contributed by atoms with van der Waals surface area (Å²) in [6.45, 7) is 29.3. The molecule has 0 spiro atoms. The minimum atomic E-state index is -0.884. The molecule has 0 aromatic heterocycles. The van der Waals surface area contributed by atoms with Gasteiger partial charge in [-0.25, -0.2) is 0 Å². The smallest absolute Gasteiger partial charge is 0.311 e. The van der Waals surface area contributed by atoms with Gasteiger partial charge in [0.2, 0.25) is 0 Å². The Morgan fingerprint density at radius 1 is 0.592 bits per heavy atom. The maximum absolute atomic E-state index is 12.9. The summed E-state index contributed by atoms with van der Waals surface area (Å²) in [6.07, 6.45) is 0.339. The van der Waals surface area contributed by atoms with Crippen LogP contribution in [-0.4, -0.2) is 28.2 Å². The molecular formula is C39H55NO7S2. The van der Waals surface area contributed by atoms with Crippen molar-refractivity contribution in [3.05, 3.63) is 51.4 Å². The third-order valence-electron chi connectivity index (χ3n) is 7.63.